The molecule has 0 unspecified atom stereocenters. The summed E-state index contributed by atoms with van der Waals surface area (Å²) >= 11 is 0. The van der Waals surface area contributed by atoms with Gasteiger partial charge in [0.2, 0.25) is 0 Å². The second-order valence-electron chi connectivity index (χ2n) is 7.32. The van der Waals surface area contributed by atoms with Crippen LogP contribution in [0.3, 0.4) is 0 Å². The van der Waals surface area contributed by atoms with Crippen molar-refractivity contribution in [2.45, 2.75) is 58.5 Å². The van der Waals surface area contributed by atoms with Crippen molar-refractivity contribution in [3.8, 4) is 0 Å². The first-order chi connectivity index (χ1) is 8.84. The molecule has 0 aromatic heterocycles. The lowest BCUT2D eigenvalue weighted by Gasteiger charge is -2.52. The number of carbonyl (C=O) groups excluding carboxylic acids is 1. The van der Waals surface area contributed by atoms with Crippen LogP contribution in [0.15, 0.2) is 0 Å². The zero-order chi connectivity index (χ0) is 14.1. The Labute approximate surface area is 116 Å². The van der Waals surface area contributed by atoms with Crippen LogP contribution in [-0.4, -0.2) is 36.2 Å². The van der Waals surface area contributed by atoms with Crippen molar-refractivity contribution in [2.24, 2.45) is 17.1 Å². The normalized spacial score (nSPS) is 23.3. The van der Waals surface area contributed by atoms with Crippen LogP contribution < -0.4 is 5.73 Å². The predicted molar refractivity (Wildman–Crippen MR) is 75.9 cm³/mol. The van der Waals surface area contributed by atoms with Crippen LogP contribution in [0.4, 0.5) is 4.79 Å². The number of carbonyl (C=O) groups is 1. The van der Waals surface area contributed by atoms with Crippen molar-refractivity contribution in [1.82, 2.24) is 4.90 Å². The molecule has 19 heavy (non-hydrogen) atoms. The molecular weight excluding hydrogens is 240 g/mol. The fraction of sp³-hybridized carbons (Fsp3) is 0.933. The van der Waals surface area contributed by atoms with E-state index >= 15 is 0 Å². The maximum atomic E-state index is 12.0. The van der Waals surface area contributed by atoms with E-state index in [1.165, 1.54) is 12.8 Å². The van der Waals surface area contributed by atoms with Crippen LogP contribution in [0.1, 0.15) is 52.9 Å². The van der Waals surface area contributed by atoms with Gasteiger partial charge in [-0.2, -0.15) is 0 Å². The molecule has 1 spiro atoms. The maximum absolute atomic E-state index is 12.0. The molecule has 2 rings (SSSR count). The Kier molecular flexibility index (Phi) is 4.09. The lowest BCUT2D eigenvalue weighted by Crippen LogP contribution is -2.49. The molecule has 2 aliphatic rings. The third-order valence-corrected chi connectivity index (χ3v) is 4.49. The number of nitrogens with zero attached hydrogens (tertiary/aromatic N) is 1. The predicted octanol–water partition coefficient (Wildman–Crippen LogP) is 2.76. The van der Waals surface area contributed by atoms with E-state index in [9.17, 15) is 4.79 Å². The summed E-state index contributed by atoms with van der Waals surface area (Å²) in [4.78, 5) is 13.9. The van der Waals surface area contributed by atoms with Crippen LogP contribution in [0.2, 0.25) is 0 Å². The van der Waals surface area contributed by atoms with Crippen LogP contribution in [0.5, 0.6) is 0 Å². The molecule has 4 heteroatoms. The number of amides is 1. The van der Waals surface area contributed by atoms with E-state index in [-0.39, 0.29) is 6.09 Å². The molecule has 110 valence electrons. The number of ether oxygens (including phenoxy) is 1. The van der Waals surface area contributed by atoms with Crippen molar-refractivity contribution in [3.05, 3.63) is 0 Å². The average molecular weight is 268 g/mol. The summed E-state index contributed by atoms with van der Waals surface area (Å²) in [5, 5.41) is 0. The molecule has 0 radical (unpaired) electrons. The Morgan fingerprint density at radius 3 is 2.37 bits per heavy atom. The van der Waals surface area contributed by atoms with Gasteiger partial charge in [0.1, 0.15) is 5.60 Å². The van der Waals surface area contributed by atoms with Crippen LogP contribution in [-0.2, 0) is 4.74 Å². The lowest BCUT2D eigenvalue weighted by molar-refractivity contribution is -0.0284. The van der Waals surface area contributed by atoms with Gasteiger partial charge in [0, 0.05) is 13.1 Å². The molecule has 1 heterocycles. The van der Waals surface area contributed by atoms with Crippen molar-refractivity contribution in [1.29, 1.82) is 0 Å². The maximum Gasteiger partial charge on any atom is 0.410 e. The minimum Gasteiger partial charge on any atom is -0.444 e. The van der Waals surface area contributed by atoms with E-state index in [4.69, 9.17) is 10.5 Å². The molecule has 1 amide bonds. The summed E-state index contributed by atoms with van der Waals surface area (Å²) in [7, 11) is 0. The summed E-state index contributed by atoms with van der Waals surface area (Å²) in [6, 6.07) is 0. The average Bonchev–Trinajstić information content (AvgIpc) is 2.26. The highest BCUT2D eigenvalue weighted by Gasteiger charge is 2.46. The van der Waals surface area contributed by atoms with Gasteiger partial charge in [-0.1, -0.05) is 0 Å². The fourth-order valence-corrected chi connectivity index (χ4v) is 3.50. The molecule has 0 atom stereocenters. The van der Waals surface area contributed by atoms with Gasteiger partial charge in [-0.15, -0.1) is 0 Å². The third kappa shape index (κ3) is 3.62. The second-order valence-corrected chi connectivity index (χ2v) is 7.32. The first-order valence-electron chi connectivity index (χ1n) is 7.52. The largest absolute Gasteiger partial charge is 0.444 e. The standard InChI is InChI=1S/C15H28N2O2/c1-14(2,3)19-13(18)17-8-5-15(6-9-17)10-12(11-15)4-7-16/h12H,4-11,16H2,1-3H3. The number of likely N-dealkylation sites (tertiary alicyclic amines) is 1. The highest BCUT2D eigenvalue weighted by molar-refractivity contribution is 5.68. The Balaban J connectivity index is 1.76. The van der Waals surface area contributed by atoms with Gasteiger partial charge in [-0.3, -0.25) is 0 Å². The van der Waals surface area contributed by atoms with Gasteiger partial charge in [0.15, 0.2) is 0 Å². The number of piperidine rings is 1. The first kappa shape index (κ1) is 14.6. The number of rotatable bonds is 2. The van der Waals surface area contributed by atoms with Gasteiger partial charge in [-0.05, 0) is 70.8 Å². The third-order valence-electron chi connectivity index (χ3n) is 4.49. The van der Waals surface area contributed by atoms with E-state index in [0.29, 0.717) is 5.41 Å². The molecule has 0 aromatic carbocycles. The second kappa shape index (κ2) is 5.31. The fourth-order valence-electron chi connectivity index (χ4n) is 3.50. The smallest absolute Gasteiger partial charge is 0.410 e. The van der Waals surface area contributed by atoms with Crippen molar-refractivity contribution >= 4 is 6.09 Å². The molecule has 1 saturated carbocycles. The van der Waals surface area contributed by atoms with Crippen molar-refractivity contribution < 1.29 is 9.53 Å². The first-order valence-corrected chi connectivity index (χ1v) is 7.52. The Bertz CT molecular complexity index is 320. The van der Waals surface area contributed by atoms with Crippen molar-refractivity contribution in [2.75, 3.05) is 19.6 Å². The molecule has 2 N–H and O–H groups in total. The Morgan fingerprint density at radius 2 is 1.89 bits per heavy atom. The monoisotopic (exact) mass is 268 g/mol. The van der Waals surface area contributed by atoms with Crippen LogP contribution in [0.25, 0.3) is 0 Å². The zero-order valence-corrected chi connectivity index (χ0v) is 12.6. The van der Waals surface area contributed by atoms with Gasteiger partial charge < -0.3 is 15.4 Å². The molecule has 4 nitrogen and oxygen atoms in total. The minimum absolute atomic E-state index is 0.153. The van der Waals surface area contributed by atoms with Gasteiger partial charge in [0.05, 0.1) is 0 Å². The number of nitrogens with two attached hydrogens (primary N) is 1. The molecule has 1 saturated heterocycles. The van der Waals surface area contributed by atoms with E-state index in [1.807, 2.05) is 25.7 Å². The molecule has 2 fully saturated rings. The van der Waals surface area contributed by atoms with E-state index < -0.39 is 5.60 Å². The molecular formula is C15H28N2O2. The molecule has 0 bridgehead atoms. The SMILES string of the molecule is CC(C)(C)OC(=O)N1CCC2(CC1)CC(CCN)C2. The Morgan fingerprint density at radius 1 is 1.32 bits per heavy atom. The molecule has 0 aromatic rings. The summed E-state index contributed by atoms with van der Waals surface area (Å²) in [6.45, 7) is 8.26. The van der Waals surface area contributed by atoms with E-state index in [2.05, 4.69) is 0 Å². The zero-order valence-electron chi connectivity index (χ0n) is 12.6. The lowest BCUT2D eigenvalue weighted by atomic mass is 9.57. The molecule has 1 aliphatic heterocycles. The quantitative estimate of drug-likeness (QED) is 0.838. The van der Waals surface area contributed by atoms with Crippen LogP contribution in [0, 0.1) is 11.3 Å². The molecule has 1 aliphatic carbocycles. The van der Waals surface area contributed by atoms with Gasteiger partial charge >= 0.3 is 6.09 Å². The van der Waals surface area contributed by atoms with Crippen molar-refractivity contribution in [3.63, 3.8) is 0 Å². The highest BCUT2D eigenvalue weighted by Crippen LogP contribution is 2.53. The van der Waals surface area contributed by atoms with E-state index in [1.54, 1.807) is 0 Å². The Hall–Kier alpha value is -0.770. The van der Waals surface area contributed by atoms with Crippen LogP contribution >= 0.6 is 0 Å². The summed E-state index contributed by atoms with van der Waals surface area (Å²) in [5.41, 5.74) is 5.73. The highest BCUT2D eigenvalue weighted by atomic mass is 16.6. The summed E-state index contributed by atoms with van der Waals surface area (Å²) in [5.74, 6) is 0.832. The number of hydrogen-bond donors (Lipinski definition) is 1. The van der Waals surface area contributed by atoms with Gasteiger partial charge in [-0.25, -0.2) is 4.79 Å². The summed E-state index contributed by atoms with van der Waals surface area (Å²) < 4.78 is 5.43. The minimum atomic E-state index is -0.394. The van der Waals surface area contributed by atoms with E-state index in [0.717, 1.165) is 44.8 Å². The van der Waals surface area contributed by atoms with Gasteiger partial charge in [0.25, 0.3) is 0 Å². The topological polar surface area (TPSA) is 55.6 Å². The summed E-state index contributed by atoms with van der Waals surface area (Å²) in [6.07, 6.45) is 5.90. The number of hydrogen-bond acceptors (Lipinski definition) is 3.